The Balaban J connectivity index is 3.01. The molecule has 0 amide bonds. The van der Waals surface area contributed by atoms with Gasteiger partial charge in [-0.3, -0.25) is 0 Å². The minimum absolute atomic E-state index is 1.37. The summed E-state index contributed by atoms with van der Waals surface area (Å²) in [5, 5.41) is 2.83. The summed E-state index contributed by atoms with van der Waals surface area (Å²) in [6.07, 6.45) is 0. The SMILES string of the molecule is Cc1ccc2c(C)ccc(C)c2c1C. The van der Waals surface area contributed by atoms with Gasteiger partial charge in [0.15, 0.2) is 0 Å². The molecule has 0 aliphatic heterocycles. The molecule has 0 fully saturated rings. The molecule has 0 aliphatic carbocycles. The van der Waals surface area contributed by atoms with Gasteiger partial charge in [-0.2, -0.15) is 0 Å². The molecule has 2 aromatic rings. The first-order valence-corrected chi connectivity index (χ1v) is 5.07. The molecule has 0 heterocycles. The first kappa shape index (κ1) is 9.26. The van der Waals surface area contributed by atoms with Gasteiger partial charge in [-0.05, 0) is 60.7 Å². The van der Waals surface area contributed by atoms with Crippen molar-refractivity contribution in [1.82, 2.24) is 0 Å². The standard InChI is InChI=1S/C14H16/c1-9-7-8-13-10(2)5-6-11(3)14(13)12(9)4/h5-8H,1-4H3. The second-order valence-electron chi connectivity index (χ2n) is 4.13. The van der Waals surface area contributed by atoms with E-state index in [4.69, 9.17) is 0 Å². The van der Waals surface area contributed by atoms with E-state index in [1.54, 1.807) is 0 Å². The molecule has 72 valence electrons. The van der Waals surface area contributed by atoms with Crippen molar-refractivity contribution >= 4 is 10.8 Å². The molecular formula is C14H16. The molecule has 0 saturated carbocycles. The van der Waals surface area contributed by atoms with Crippen molar-refractivity contribution in [3.05, 3.63) is 46.5 Å². The van der Waals surface area contributed by atoms with Crippen LogP contribution in [0.25, 0.3) is 10.8 Å². The van der Waals surface area contributed by atoms with E-state index in [1.165, 1.54) is 33.0 Å². The van der Waals surface area contributed by atoms with Gasteiger partial charge < -0.3 is 0 Å². The highest BCUT2D eigenvalue weighted by Crippen LogP contribution is 2.27. The Labute approximate surface area is 85.6 Å². The predicted molar refractivity (Wildman–Crippen MR) is 62.9 cm³/mol. The normalized spacial score (nSPS) is 10.9. The van der Waals surface area contributed by atoms with Crippen LogP contribution in [-0.2, 0) is 0 Å². The van der Waals surface area contributed by atoms with Crippen LogP contribution in [0.15, 0.2) is 24.3 Å². The molecule has 0 nitrogen and oxygen atoms in total. The van der Waals surface area contributed by atoms with Crippen molar-refractivity contribution in [2.75, 3.05) is 0 Å². The number of benzene rings is 2. The minimum atomic E-state index is 1.37. The van der Waals surface area contributed by atoms with Crippen LogP contribution >= 0.6 is 0 Å². The van der Waals surface area contributed by atoms with Gasteiger partial charge in [-0.1, -0.05) is 24.3 Å². The van der Waals surface area contributed by atoms with E-state index >= 15 is 0 Å². The van der Waals surface area contributed by atoms with E-state index in [-0.39, 0.29) is 0 Å². The number of hydrogen-bond donors (Lipinski definition) is 0. The maximum absolute atomic E-state index is 2.24. The molecule has 2 rings (SSSR count). The molecule has 0 saturated heterocycles. The van der Waals surface area contributed by atoms with Crippen molar-refractivity contribution < 1.29 is 0 Å². The Bertz CT molecular complexity index is 493. The monoisotopic (exact) mass is 184 g/mol. The second-order valence-corrected chi connectivity index (χ2v) is 4.13. The van der Waals surface area contributed by atoms with Gasteiger partial charge >= 0.3 is 0 Å². The molecule has 0 unspecified atom stereocenters. The molecule has 0 heteroatoms. The topological polar surface area (TPSA) is 0 Å². The Morgan fingerprint density at radius 1 is 0.643 bits per heavy atom. The van der Waals surface area contributed by atoms with Crippen LogP contribution in [0.4, 0.5) is 0 Å². The summed E-state index contributed by atoms with van der Waals surface area (Å²) >= 11 is 0. The highest BCUT2D eigenvalue weighted by atomic mass is 14.1. The summed E-state index contributed by atoms with van der Waals surface area (Å²) in [4.78, 5) is 0. The van der Waals surface area contributed by atoms with Crippen LogP contribution in [0.3, 0.4) is 0 Å². The minimum Gasteiger partial charge on any atom is -0.0584 e. The van der Waals surface area contributed by atoms with Crippen molar-refractivity contribution in [3.63, 3.8) is 0 Å². The Morgan fingerprint density at radius 2 is 1.21 bits per heavy atom. The summed E-state index contributed by atoms with van der Waals surface area (Å²) in [7, 11) is 0. The average Bonchev–Trinajstić information content (AvgIpc) is 2.16. The summed E-state index contributed by atoms with van der Waals surface area (Å²) < 4.78 is 0. The zero-order valence-corrected chi connectivity index (χ0v) is 9.31. The zero-order chi connectivity index (χ0) is 10.3. The molecule has 14 heavy (non-hydrogen) atoms. The molecule has 0 N–H and O–H groups in total. The first-order chi connectivity index (χ1) is 6.61. The molecule has 0 radical (unpaired) electrons. The van der Waals surface area contributed by atoms with Crippen LogP contribution in [0.2, 0.25) is 0 Å². The van der Waals surface area contributed by atoms with Gasteiger partial charge in [-0.25, -0.2) is 0 Å². The van der Waals surface area contributed by atoms with Crippen molar-refractivity contribution in [3.8, 4) is 0 Å². The highest BCUT2D eigenvalue weighted by molar-refractivity contribution is 5.91. The predicted octanol–water partition coefficient (Wildman–Crippen LogP) is 4.07. The first-order valence-electron chi connectivity index (χ1n) is 5.07. The smallest absolute Gasteiger partial charge is 0.0120 e. The molecule has 0 aliphatic rings. The molecule has 0 bridgehead atoms. The van der Waals surface area contributed by atoms with E-state index in [2.05, 4.69) is 52.0 Å². The van der Waals surface area contributed by atoms with Crippen molar-refractivity contribution in [2.24, 2.45) is 0 Å². The molecule has 2 aromatic carbocycles. The van der Waals surface area contributed by atoms with Crippen molar-refractivity contribution in [1.29, 1.82) is 0 Å². The van der Waals surface area contributed by atoms with Crippen molar-refractivity contribution in [2.45, 2.75) is 27.7 Å². The van der Waals surface area contributed by atoms with Crippen LogP contribution in [0, 0.1) is 27.7 Å². The lowest BCUT2D eigenvalue weighted by molar-refractivity contribution is 1.35. The fourth-order valence-corrected chi connectivity index (χ4v) is 2.08. The van der Waals surface area contributed by atoms with Crippen LogP contribution in [0.5, 0.6) is 0 Å². The van der Waals surface area contributed by atoms with E-state index in [1.807, 2.05) is 0 Å². The number of fused-ring (bicyclic) bond motifs is 1. The second kappa shape index (κ2) is 3.13. The van der Waals surface area contributed by atoms with Gasteiger partial charge in [-0.15, -0.1) is 0 Å². The third kappa shape index (κ3) is 1.22. The van der Waals surface area contributed by atoms with Crippen LogP contribution in [0.1, 0.15) is 22.3 Å². The quantitative estimate of drug-likeness (QED) is 0.579. The third-order valence-electron chi connectivity index (χ3n) is 3.14. The van der Waals surface area contributed by atoms with Crippen LogP contribution < -0.4 is 0 Å². The number of hydrogen-bond acceptors (Lipinski definition) is 0. The van der Waals surface area contributed by atoms with Gasteiger partial charge in [0.25, 0.3) is 0 Å². The van der Waals surface area contributed by atoms with Gasteiger partial charge in [0.05, 0.1) is 0 Å². The summed E-state index contributed by atoms with van der Waals surface area (Å²) in [5.74, 6) is 0. The van der Waals surface area contributed by atoms with E-state index in [9.17, 15) is 0 Å². The molecule has 0 aromatic heterocycles. The molecule has 0 spiro atoms. The summed E-state index contributed by atoms with van der Waals surface area (Å²) in [5.41, 5.74) is 5.55. The van der Waals surface area contributed by atoms with E-state index < -0.39 is 0 Å². The maximum Gasteiger partial charge on any atom is -0.0120 e. The lowest BCUT2D eigenvalue weighted by Crippen LogP contribution is -1.89. The lowest BCUT2D eigenvalue weighted by Gasteiger charge is -2.10. The fourth-order valence-electron chi connectivity index (χ4n) is 2.08. The van der Waals surface area contributed by atoms with Gasteiger partial charge in [0.2, 0.25) is 0 Å². The average molecular weight is 184 g/mol. The van der Waals surface area contributed by atoms with E-state index in [0.29, 0.717) is 0 Å². The Hall–Kier alpha value is -1.30. The molecular weight excluding hydrogens is 168 g/mol. The Kier molecular flexibility index (Phi) is 2.07. The summed E-state index contributed by atoms with van der Waals surface area (Å²) in [6, 6.07) is 8.86. The zero-order valence-electron chi connectivity index (χ0n) is 9.31. The molecule has 0 atom stereocenters. The fraction of sp³-hybridized carbons (Fsp3) is 0.286. The lowest BCUT2D eigenvalue weighted by atomic mass is 9.94. The Morgan fingerprint density at radius 3 is 1.93 bits per heavy atom. The number of aryl methyl sites for hydroxylation is 4. The van der Waals surface area contributed by atoms with Crippen LogP contribution in [-0.4, -0.2) is 0 Å². The summed E-state index contributed by atoms with van der Waals surface area (Å²) in [6.45, 7) is 8.76. The third-order valence-corrected chi connectivity index (χ3v) is 3.14. The highest BCUT2D eigenvalue weighted by Gasteiger charge is 2.04. The van der Waals surface area contributed by atoms with E-state index in [0.717, 1.165) is 0 Å². The maximum atomic E-state index is 2.24. The van der Waals surface area contributed by atoms with Gasteiger partial charge in [0, 0.05) is 0 Å². The van der Waals surface area contributed by atoms with Gasteiger partial charge in [0.1, 0.15) is 0 Å². The number of rotatable bonds is 0. The largest absolute Gasteiger partial charge is 0.0584 e.